The molecule has 0 radical (unpaired) electrons. The Bertz CT molecular complexity index is 252. The molecule has 2 atom stereocenters. The van der Waals surface area contributed by atoms with Crippen LogP contribution in [0, 0.1) is 11.8 Å². The summed E-state index contributed by atoms with van der Waals surface area (Å²) in [6, 6.07) is 0. The molecule has 0 aromatic rings. The molecule has 4 heteroatoms. The first-order valence-corrected chi connectivity index (χ1v) is 5.57. The van der Waals surface area contributed by atoms with Gasteiger partial charge in [-0.3, -0.25) is 9.59 Å². The summed E-state index contributed by atoms with van der Waals surface area (Å²) in [7, 11) is 0. The molecule has 0 bridgehead atoms. The highest BCUT2D eigenvalue weighted by Crippen LogP contribution is 2.19. The van der Waals surface area contributed by atoms with Crippen molar-refractivity contribution in [2.45, 2.75) is 33.1 Å². The Morgan fingerprint density at radius 1 is 1.53 bits per heavy atom. The number of hydrogen-bond donors (Lipinski definition) is 1. The SMILES string of the molecule is CC[C@H](C)C(=O)N1CCC[C@H](C(=O)O)C1. The number of carbonyl (C=O) groups excluding carboxylic acids is 1. The molecule has 1 amide bonds. The van der Waals surface area contributed by atoms with E-state index in [0.29, 0.717) is 19.5 Å². The monoisotopic (exact) mass is 213 g/mol. The second-order valence-electron chi connectivity index (χ2n) is 4.27. The molecule has 0 aromatic heterocycles. The first-order valence-electron chi connectivity index (χ1n) is 5.57. The Morgan fingerprint density at radius 2 is 2.20 bits per heavy atom. The highest BCUT2D eigenvalue weighted by Gasteiger charge is 2.29. The van der Waals surface area contributed by atoms with Crippen LogP contribution < -0.4 is 0 Å². The van der Waals surface area contributed by atoms with Gasteiger partial charge >= 0.3 is 5.97 Å². The van der Waals surface area contributed by atoms with Crippen LogP contribution in [-0.2, 0) is 9.59 Å². The molecule has 0 aromatic carbocycles. The van der Waals surface area contributed by atoms with Crippen LogP contribution in [0.2, 0.25) is 0 Å². The minimum absolute atomic E-state index is 0.0116. The number of likely N-dealkylation sites (tertiary alicyclic amines) is 1. The lowest BCUT2D eigenvalue weighted by atomic mass is 9.96. The van der Waals surface area contributed by atoms with Gasteiger partial charge in [0.15, 0.2) is 0 Å². The molecule has 15 heavy (non-hydrogen) atoms. The summed E-state index contributed by atoms with van der Waals surface area (Å²) in [6.07, 6.45) is 2.31. The van der Waals surface area contributed by atoms with Crippen molar-refractivity contribution in [1.29, 1.82) is 0 Å². The molecular weight excluding hydrogens is 194 g/mol. The number of nitrogens with zero attached hydrogens (tertiary/aromatic N) is 1. The van der Waals surface area contributed by atoms with Crippen LogP contribution in [0.15, 0.2) is 0 Å². The number of carbonyl (C=O) groups is 2. The van der Waals surface area contributed by atoms with Crippen LogP contribution in [0.3, 0.4) is 0 Å². The Kier molecular flexibility index (Phi) is 4.12. The first kappa shape index (κ1) is 12.0. The van der Waals surface area contributed by atoms with Crippen LogP contribution in [0.25, 0.3) is 0 Å². The van der Waals surface area contributed by atoms with Gasteiger partial charge in [-0.05, 0) is 19.3 Å². The fourth-order valence-corrected chi connectivity index (χ4v) is 1.87. The molecule has 86 valence electrons. The van der Waals surface area contributed by atoms with Crippen molar-refractivity contribution in [1.82, 2.24) is 4.90 Å². The third kappa shape index (κ3) is 2.94. The van der Waals surface area contributed by atoms with Crippen molar-refractivity contribution in [3.63, 3.8) is 0 Å². The Labute approximate surface area is 90.3 Å². The molecule has 0 spiro atoms. The summed E-state index contributed by atoms with van der Waals surface area (Å²) in [5.74, 6) is -1.04. The third-order valence-electron chi connectivity index (χ3n) is 3.12. The van der Waals surface area contributed by atoms with Gasteiger partial charge < -0.3 is 10.0 Å². The second-order valence-corrected chi connectivity index (χ2v) is 4.27. The van der Waals surface area contributed by atoms with E-state index in [9.17, 15) is 9.59 Å². The van der Waals surface area contributed by atoms with E-state index in [2.05, 4.69) is 0 Å². The quantitative estimate of drug-likeness (QED) is 0.770. The molecule has 4 nitrogen and oxygen atoms in total. The van der Waals surface area contributed by atoms with Crippen LogP contribution in [0.5, 0.6) is 0 Å². The van der Waals surface area contributed by atoms with E-state index >= 15 is 0 Å². The number of amides is 1. The van der Waals surface area contributed by atoms with Gasteiger partial charge in [0.2, 0.25) is 5.91 Å². The third-order valence-corrected chi connectivity index (χ3v) is 3.12. The van der Waals surface area contributed by atoms with E-state index in [4.69, 9.17) is 5.11 Å². The van der Waals surface area contributed by atoms with E-state index in [-0.39, 0.29) is 17.7 Å². The average Bonchev–Trinajstić information content (AvgIpc) is 2.27. The molecule has 1 aliphatic rings. The Balaban J connectivity index is 2.56. The van der Waals surface area contributed by atoms with Crippen molar-refractivity contribution in [3.05, 3.63) is 0 Å². The van der Waals surface area contributed by atoms with E-state index in [1.807, 2.05) is 13.8 Å². The van der Waals surface area contributed by atoms with Gasteiger partial charge in [0, 0.05) is 19.0 Å². The molecule has 0 unspecified atom stereocenters. The van der Waals surface area contributed by atoms with E-state index in [0.717, 1.165) is 12.8 Å². The van der Waals surface area contributed by atoms with Crippen molar-refractivity contribution < 1.29 is 14.7 Å². The second kappa shape index (κ2) is 5.14. The summed E-state index contributed by atoms with van der Waals surface area (Å²) in [6.45, 7) is 4.97. The van der Waals surface area contributed by atoms with Crippen molar-refractivity contribution in [2.75, 3.05) is 13.1 Å². The Hall–Kier alpha value is -1.06. The van der Waals surface area contributed by atoms with Crippen LogP contribution in [0.4, 0.5) is 0 Å². The fourth-order valence-electron chi connectivity index (χ4n) is 1.87. The highest BCUT2D eigenvalue weighted by molar-refractivity contribution is 5.79. The molecule has 1 heterocycles. The van der Waals surface area contributed by atoms with Gasteiger partial charge in [0.05, 0.1) is 5.92 Å². The maximum atomic E-state index is 11.8. The molecule has 0 aliphatic carbocycles. The summed E-state index contributed by atoms with van der Waals surface area (Å²) in [4.78, 5) is 24.4. The van der Waals surface area contributed by atoms with Gasteiger partial charge in [0.1, 0.15) is 0 Å². The van der Waals surface area contributed by atoms with Crippen LogP contribution in [-0.4, -0.2) is 35.0 Å². The van der Waals surface area contributed by atoms with Gasteiger partial charge in [-0.1, -0.05) is 13.8 Å². The number of rotatable bonds is 3. The van der Waals surface area contributed by atoms with Crippen molar-refractivity contribution >= 4 is 11.9 Å². The van der Waals surface area contributed by atoms with Crippen molar-refractivity contribution in [2.24, 2.45) is 11.8 Å². The average molecular weight is 213 g/mol. The first-order chi connectivity index (χ1) is 7.06. The number of aliphatic carboxylic acids is 1. The van der Waals surface area contributed by atoms with Gasteiger partial charge in [-0.15, -0.1) is 0 Å². The fraction of sp³-hybridized carbons (Fsp3) is 0.818. The number of carboxylic acid groups (broad SMARTS) is 1. The maximum absolute atomic E-state index is 11.8. The topological polar surface area (TPSA) is 57.6 Å². The van der Waals surface area contributed by atoms with E-state index in [1.165, 1.54) is 0 Å². The molecule has 1 fully saturated rings. The highest BCUT2D eigenvalue weighted by atomic mass is 16.4. The maximum Gasteiger partial charge on any atom is 0.308 e. The molecule has 0 saturated carbocycles. The zero-order valence-electron chi connectivity index (χ0n) is 9.40. The minimum atomic E-state index is -0.781. The molecule has 1 rings (SSSR count). The Morgan fingerprint density at radius 3 is 2.73 bits per heavy atom. The summed E-state index contributed by atoms with van der Waals surface area (Å²) in [5, 5.41) is 8.90. The van der Waals surface area contributed by atoms with Crippen LogP contribution >= 0.6 is 0 Å². The zero-order valence-corrected chi connectivity index (χ0v) is 9.40. The van der Waals surface area contributed by atoms with E-state index in [1.54, 1.807) is 4.90 Å². The van der Waals surface area contributed by atoms with E-state index < -0.39 is 5.97 Å². The molecule has 1 saturated heterocycles. The summed E-state index contributed by atoms with van der Waals surface area (Å²) >= 11 is 0. The van der Waals surface area contributed by atoms with Crippen LogP contribution in [0.1, 0.15) is 33.1 Å². The van der Waals surface area contributed by atoms with Crippen molar-refractivity contribution in [3.8, 4) is 0 Å². The number of carboxylic acids is 1. The van der Waals surface area contributed by atoms with Gasteiger partial charge in [0.25, 0.3) is 0 Å². The lowest BCUT2D eigenvalue weighted by Crippen LogP contribution is -2.44. The van der Waals surface area contributed by atoms with Gasteiger partial charge in [-0.2, -0.15) is 0 Å². The predicted octanol–water partition coefficient (Wildman–Crippen LogP) is 1.36. The molecular formula is C11H19NO3. The predicted molar refractivity (Wildman–Crippen MR) is 56.4 cm³/mol. The molecule has 1 aliphatic heterocycles. The zero-order chi connectivity index (χ0) is 11.4. The minimum Gasteiger partial charge on any atom is -0.481 e. The lowest BCUT2D eigenvalue weighted by Gasteiger charge is -2.32. The standard InChI is InChI=1S/C11H19NO3/c1-3-8(2)10(13)12-6-4-5-9(7-12)11(14)15/h8-9H,3-7H2,1-2H3,(H,14,15)/t8-,9-/m0/s1. The summed E-state index contributed by atoms with van der Waals surface area (Å²) < 4.78 is 0. The summed E-state index contributed by atoms with van der Waals surface area (Å²) in [5.41, 5.74) is 0. The normalized spacial score (nSPS) is 23.6. The lowest BCUT2D eigenvalue weighted by molar-refractivity contribution is -0.146. The number of piperidine rings is 1. The number of hydrogen-bond acceptors (Lipinski definition) is 2. The smallest absolute Gasteiger partial charge is 0.308 e. The molecule has 1 N–H and O–H groups in total. The largest absolute Gasteiger partial charge is 0.481 e. The van der Waals surface area contributed by atoms with Gasteiger partial charge in [-0.25, -0.2) is 0 Å².